The molecule has 1 aliphatic heterocycles. The van der Waals surface area contributed by atoms with Crippen molar-refractivity contribution in [3.8, 4) is 0 Å². The minimum absolute atomic E-state index is 0.239. The number of anilines is 1. The van der Waals surface area contributed by atoms with Crippen molar-refractivity contribution in [3.63, 3.8) is 0 Å². The van der Waals surface area contributed by atoms with Gasteiger partial charge in [-0.1, -0.05) is 0 Å². The van der Waals surface area contributed by atoms with Gasteiger partial charge in [0.15, 0.2) is 0 Å². The fraction of sp³-hybridized carbons (Fsp3) is 0.538. The molecular weight excluding hydrogens is 344 g/mol. The fourth-order valence-corrected chi connectivity index (χ4v) is 4.84. The molecule has 5 nitrogen and oxygen atoms in total. The zero-order chi connectivity index (χ0) is 14.8. The van der Waals surface area contributed by atoms with E-state index >= 15 is 0 Å². The quantitative estimate of drug-likeness (QED) is 0.832. The fourth-order valence-electron chi connectivity index (χ4n) is 2.41. The van der Waals surface area contributed by atoms with Gasteiger partial charge in [-0.25, -0.2) is 8.42 Å². The van der Waals surface area contributed by atoms with Crippen LogP contribution in [0.3, 0.4) is 0 Å². The van der Waals surface area contributed by atoms with Crippen molar-refractivity contribution >= 4 is 31.6 Å². The molecule has 1 heterocycles. The molecule has 0 saturated carbocycles. The van der Waals surface area contributed by atoms with Gasteiger partial charge >= 0.3 is 0 Å². The monoisotopic (exact) mass is 362 g/mol. The Morgan fingerprint density at radius 1 is 1.40 bits per heavy atom. The second kappa shape index (κ2) is 6.43. The Labute approximate surface area is 128 Å². The van der Waals surface area contributed by atoms with E-state index in [-0.39, 0.29) is 4.90 Å². The summed E-state index contributed by atoms with van der Waals surface area (Å²) in [6.07, 6.45) is 1.65. The Morgan fingerprint density at radius 3 is 2.65 bits per heavy atom. The van der Waals surface area contributed by atoms with Crippen LogP contribution >= 0.6 is 15.9 Å². The van der Waals surface area contributed by atoms with Crippen LogP contribution in [-0.4, -0.2) is 39.5 Å². The number of nitrogens with zero attached hydrogens (tertiary/aromatic N) is 1. The summed E-state index contributed by atoms with van der Waals surface area (Å²) in [4.78, 5) is 0.239. The Balaban J connectivity index is 2.18. The molecular formula is C13H19BrN2O3S. The second-order valence-corrected chi connectivity index (χ2v) is 7.75. The van der Waals surface area contributed by atoms with E-state index in [0.29, 0.717) is 35.8 Å². The molecule has 20 heavy (non-hydrogen) atoms. The van der Waals surface area contributed by atoms with Crippen LogP contribution in [0.4, 0.5) is 5.69 Å². The highest BCUT2D eigenvalue weighted by molar-refractivity contribution is 9.10. The first-order valence-corrected chi connectivity index (χ1v) is 8.72. The summed E-state index contributed by atoms with van der Waals surface area (Å²) in [6.45, 7) is 1.74. The van der Waals surface area contributed by atoms with E-state index in [1.807, 2.05) is 0 Å². The summed E-state index contributed by atoms with van der Waals surface area (Å²) in [6, 6.07) is 4.84. The van der Waals surface area contributed by atoms with Gasteiger partial charge in [-0.2, -0.15) is 4.31 Å². The van der Waals surface area contributed by atoms with E-state index in [9.17, 15) is 8.42 Å². The van der Waals surface area contributed by atoms with Crippen LogP contribution in [0.1, 0.15) is 12.8 Å². The predicted molar refractivity (Wildman–Crippen MR) is 81.9 cm³/mol. The van der Waals surface area contributed by atoms with Crippen molar-refractivity contribution in [1.29, 1.82) is 0 Å². The van der Waals surface area contributed by atoms with Gasteiger partial charge < -0.3 is 10.5 Å². The van der Waals surface area contributed by atoms with Crippen molar-refractivity contribution in [1.82, 2.24) is 4.31 Å². The number of benzene rings is 1. The number of hydrogen-bond acceptors (Lipinski definition) is 4. The molecule has 2 rings (SSSR count). The van der Waals surface area contributed by atoms with Gasteiger partial charge in [0, 0.05) is 37.0 Å². The van der Waals surface area contributed by atoms with Gasteiger partial charge in [0.1, 0.15) is 0 Å². The summed E-state index contributed by atoms with van der Waals surface area (Å²) in [5, 5.41) is 0. The lowest BCUT2D eigenvalue weighted by Gasteiger charge is -2.31. The molecule has 0 amide bonds. The predicted octanol–water partition coefficient (Wildman–Crippen LogP) is 2.08. The molecule has 0 bridgehead atoms. The normalized spacial score (nSPS) is 18.3. The van der Waals surface area contributed by atoms with Crippen LogP contribution in [0.2, 0.25) is 0 Å². The Hall–Kier alpha value is -0.630. The van der Waals surface area contributed by atoms with Crippen LogP contribution in [0.5, 0.6) is 0 Å². The maximum atomic E-state index is 12.6. The minimum Gasteiger partial charge on any atom is -0.399 e. The lowest BCUT2D eigenvalue weighted by Crippen LogP contribution is -2.39. The minimum atomic E-state index is -3.49. The molecule has 1 aromatic carbocycles. The van der Waals surface area contributed by atoms with Crippen molar-refractivity contribution in [2.24, 2.45) is 5.92 Å². The van der Waals surface area contributed by atoms with E-state index in [1.165, 1.54) is 10.4 Å². The lowest BCUT2D eigenvalue weighted by molar-refractivity contribution is 0.121. The van der Waals surface area contributed by atoms with Gasteiger partial charge in [-0.3, -0.25) is 0 Å². The number of rotatable bonds is 4. The van der Waals surface area contributed by atoms with Crippen LogP contribution in [-0.2, 0) is 14.8 Å². The summed E-state index contributed by atoms with van der Waals surface area (Å²) in [7, 11) is -1.81. The number of nitrogen functional groups attached to an aromatic ring is 1. The number of ether oxygens (including phenoxy) is 1. The Bertz CT molecular complexity index is 569. The average molecular weight is 363 g/mol. The molecule has 1 saturated heterocycles. The van der Waals surface area contributed by atoms with Crippen LogP contribution < -0.4 is 5.73 Å². The van der Waals surface area contributed by atoms with Crippen molar-refractivity contribution < 1.29 is 13.2 Å². The van der Waals surface area contributed by atoms with Crippen molar-refractivity contribution in [2.75, 3.05) is 32.5 Å². The van der Waals surface area contributed by atoms with Gasteiger partial charge in [0.25, 0.3) is 0 Å². The standard InChI is InChI=1S/C13H19BrN2O3S/c1-19-9-10-4-6-16(7-5-10)20(17,18)13-8-11(15)2-3-12(13)14/h2-3,8,10H,4-7,9,15H2,1H3. The topological polar surface area (TPSA) is 72.6 Å². The molecule has 0 unspecified atom stereocenters. The van der Waals surface area contributed by atoms with Gasteiger partial charge in [-0.15, -0.1) is 0 Å². The van der Waals surface area contributed by atoms with E-state index in [2.05, 4.69) is 15.9 Å². The Morgan fingerprint density at radius 2 is 2.05 bits per heavy atom. The van der Waals surface area contributed by atoms with Gasteiger partial charge in [0.2, 0.25) is 10.0 Å². The molecule has 1 aliphatic rings. The summed E-state index contributed by atoms with van der Waals surface area (Å²) in [5.41, 5.74) is 6.14. The van der Waals surface area contributed by atoms with Crippen LogP contribution in [0.15, 0.2) is 27.6 Å². The first-order chi connectivity index (χ1) is 9.45. The first-order valence-electron chi connectivity index (χ1n) is 6.49. The highest BCUT2D eigenvalue weighted by atomic mass is 79.9. The van der Waals surface area contributed by atoms with E-state index in [1.54, 1.807) is 19.2 Å². The first kappa shape index (κ1) is 15.8. The molecule has 1 fully saturated rings. The zero-order valence-electron chi connectivity index (χ0n) is 11.4. The third kappa shape index (κ3) is 3.33. The number of piperidine rings is 1. The molecule has 1 aromatic rings. The maximum absolute atomic E-state index is 12.6. The number of halogens is 1. The molecule has 0 spiro atoms. The molecule has 0 radical (unpaired) electrons. The molecule has 0 aromatic heterocycles. The average Bonchev–Trinajstić information content (AvgIpc) is 2.42. The third-order valence-corrected chi connectivity index (χ3v) is 6.44. The second-order valence-electron chi connectivity index (χ2n) is 4.99. The number of sulfonamides is 1. The summed E-state index contributed by atoms with van der Waals surface area (Å²) < 4.78 is 32.5. The lowest BCUT2D eigenvalue weighted by atomic mass is 9.99. The van der Waals surface area contributed by atoms with E-state index < -0.39 is 10.0 Å². The van der Waals surface area contributed by atoms with E-state index in [0.717, 1.165) is 12.8 Å². The zero-order valence-corrected chi connectivity index (χ0v) is 13.8. The maximum Gasteiger partial charge on any atom is 0.244 e. The SMILES string of the molecule is COCC1CCN(S(=O)(=O)c2cc(N)ccc2Br)CC1. The molecule has 0 aliphatic carbocycles. The highest BCUT2D eigenvalue weighted by Crippen LogP contribution is 2.29. The highest BCUT2D eigenvalue weighted by Gasteiger charge is 2.30. The molecule has 7 heteroatoms. The van der Waals surface area contributed by atoms with Crippen LogP contribution in [0.25, 0.3) is 0 Å². The Kier molecular flexibility index (Phi) is 5.06. The number of methoxy groups -OCH3 is 1. The third-order valence-electron chi connectivity index (χ3n) is 3.55. The molecule has 2 N–H and O–H groups in total. The number of hydrogen-bond donors (Lipinski definition) is 1. The summed E-state index contributed by atoms with van der Waals surface area (Å²) in [5.74, 6) is 0.440. The largest absolute Gasteiger partial charge is 0.399 e. The molecule has 0 atom stereocenters. The van der Waals surface area contributed by atoms with Gasteiger partial charge in [0.05, 0.1) is 4.90 Å². The smallest absolute Gasteiger partial charge is 0.244 e. The van der Waals surface area contributed by atoms with E-state index in [4.69, 9.17) is 10.5 Å². The number of nitrogens with two attached hydrogens (primary N) is 1. The molecule has 112 valence electrons. The van der Waals surface area contributed by atoms with Crippen molar-refractivity contribution in [2.45, 2.75) is 17.7 Å². The summed E-state index contributed by atoms with van der Waals surface area (Å²) >= 11 is 3.29. The van der Waals surface area contributed by atoms with Crippen molar-refractivity contribution in [3.05, 3.63) is 22.7 Å². The van der Waals surface area contributed by atoms with Crippen LogP contribution in [0, 0.1) is 5.92 Å². The van der Waals surface area contributed by atoms with Gasteiger partial charge in [-0.05, 0) is 52.9 Å².